The van der Waals surface area contributed by atoms with E-state index in [1.165, 1.54) is 6.20 Å². The SMILES string of the molecule is O=C(Nc1ccc(Cl)nc1)c1cn(C2CCNCC2)nn1. The van der Waals surface area contributed by atoms with Crippen LogP contribution in [0.25, 0.3) is 0 Å². The quantitative estimate of drug-likeness (QED) is 0.840. The Morgan fingerprint density at radius 1 is 1.38 bits per heavy atom. The molecule has 2 aromatic heterocycles. The van der Waals surface area contributed by atoms with E-state index in [4.69, 9.17) is 11.6 Å². The Labute approximate surface area is 126 Å². The number of carbonyl (C=O) groups excluding carboxylic acids is 1. The van der Waals surface area contributed by atoms with Crippen LogP contribution in [-0.2, 0) is 0 Å². The normalized spacial score (nSPS) is 15.9. The van der Waals surface area contributed by atoms with E-state index in [0.717, 1.165) is 25.9 Å². The molecule has 3 heterocycles. The molecule has 7 nitrogen and oxygen atoms in total. The highest BCUT2D eigenvalue weighted by Gasteiger charge is 2.18. The number of halogens is 1. The zero-order valence-corrected chi connectivity index (χ0v) is 12.0. The highest BCUT2D eigenvalue weighted by Crippen LogP contribution is 2.17. The maximum Gasteiger partial charge on any atom is 0.277 e. The van der Waals surface area contributed by atoms with Gasteiger partial charge in [-0.25, -0.2) is 9.67 Å². The third-order valence-electron chi connectivity index (χ3n) is 3.41. The molecular formula is C13H15ClN6O. The van der Waals surface area contributed by atoms with Gasteiger partial charge < -0.3 is 10.6 Å². The first-order chi connectivity index (χ1) is 10.2. The summed E-state index contributed by atoms with van der Waals surface area (Å²) in [4.78, 5) is 16.0. The van der Waals surface area contributed by atoms with Crippen LogP contribution in [0.1, 0.15) is 29.4 Å². The first kappa shape index (κ1) is 14.0. The number of amides is 1. The van der Waals surface area contributed by atoms with Crippen LogP contribution in [0.5, 0.6) is 0 Å². The third-order valence-corrected chi connectivity index (χ3v) is 3.63. The Morgan fingerprint density at radius 3 is 2.90 bits per heavy atom. The molecule has 1 saturated heterocycles. The molecule has 21 heavy (non-hydrogen) atoms. The number of aromatic nitrogens is 4. The Morgan fingerprint density at radius 2 is 2.19 bits per heavy atom. The molecule has 0 aromatic carbocycles. The monoisotopic (exact) mass is 306 g/mol. The smallest absolute Gasteiger partial charge is 0.277 e. The zero-order valence-electron chi connectivity index (χ0n) is 11.3. The van der Waals surface area contributed by atoms with Gasteiger partial charge in [0.1, 0.15) is 5.15 Å². The molecule has 2 N–H and O–H groups in total. The molecule has 1 aliphatic heterocycles. The Kier molecular flexibility index (Phi) is 4.12. The largest absolute Gasteiger partial charge is 0.319 e. The molecule has 0 bridgehead atoms. The van der Waals surface area contributed by atoms with Crippen molar-refractivity contribution < 1.29 is 4.79 Å². The Hall–Kier alpha value is -1.99. The van der Waals surface area contributed by atoms with E-state index in [0.29, 0.717) is 22.6 Å². The van der Waals surface area contributed by atoms with Crippen LogP contribution in [0.4, 0.5) is 5.69 Å². The number of carbonyl (C=O) groups is 1. The minimum absolute atomic E-state index is 0.295. The number of piperidine rings is 1. The lowest BCUT2D eigenvalue weighted by Crippen LogP contribution is -2.29. The van der Waals surface area contributed by atoms with Gasteiger partial charge in [0.25, 0.3) is 5.91 Å². The summed E-state index contributed by atoms with van der Waals surface area (Å²) in [6.07, 6.45) is 5.17. The van der Waals surface area contributed by atoms with Crippen molar-refractivity contribution in [2.75, 3.05) is 18.4 Å². The number of nitrogens with zero attached hydrogens (tertiary/aromatic N) is 4. The standard InChI is InChI=1S/C13H15ClN6O/c14-12-2-1-9(7-16-12)17-13(21)11-8-20(19-18-11)10-3-5-15-6-4-10/h1-2,7-8,10,15H,3-6H2,(H,17,21). The van der Waals surface area contributed by atoms with Gasteiger partial charge in [0, 0.05) is 0 Å². The molecule has 0 spiro atoms. The summed E-state index contributed by atoms with van der Waals surface area (Å²) in [5.41, 5.74) is 0.865. The molecule has 3 rings (SSSR count). The fourth-order valence-electron chi connectivity index (χ4n) is 2.28. The summed E-state index contributed by atoms with van der Waals surface area (Å²) in [5, 5.41) is 14.4. The van der Waals surface area contributed by atoms with Gasteiger partial charge in [-0.2, -0.15) is 0 Å². The van der Waals surface area contributed by atoms with E-state index in [9.17, 15) is 4.79 Å². The molecule has 0 aliphatic carbocycles. The molecule has 110 valence electrons. The lowest BCUT2D eigenvalue weighted by atomic mass is 10.1. The van der Waals surface area contributed by atoms with Gasteiger partial charge in [-0.1, -0.05) is 16.8 Å². The molecule has 0 radical (unpaired) electrons. The van der Waals surface area contributed by atoms with Gasteiger partial charge >= 0.3 is 0 Å². The molecule has 2 aromatic rings. The van der Waals surface area contributed by atoms with Crippen molar-refractivity contribution in [3.8, 4) is 0 Å². The van der Waals surface area contributed by atoms with E-state index >= 15 is 0 Å². The average Bonchev–Trinajstić information content (AvgIpc) is 3.00. The second-order valence-corrected chi connectivity index (χ2v) is 5.28. The minimum atomic E-state index is -0.306. The Bertz CT molecular complexity index is 620. The summed E-state index contributed by atoms with van der Waals surface area (Å²) in [6, 6.07) is 3.60. The van der Waals surface area contributed by atoms with Gasteiger partial charge in [0.2, 0.25) is 0 Å². The predicted octanol–water partition coefficient (Wildman–Crippen LogP) is 1.50. The Balaban J connectivity index is 1.67. The third kappa shape index (κ3) is 3.37. The fraction of sp³-hybridized carbons (Fsp3) is 0.385. The number of rotatable bonds is 3. The van der Waals surface area contributed by atoms with E-state index < -0.39 is 0 Å². The lowest BCUT2D eigenvalue weighted by Gasteiger charge is -2.22. The van der Waals surface area contributed by atoms with Crippen molar-refractivity contribution in [1.82, 2.24) is 25.3 Å². The maximum atomic E-state index is 12.1. The maximum absolute atomic E-state index is 12.1. The van der Waals surface area contributed by atoms with Crippen LogP contribution >= 0.6 is 11.6 Å². The van der Waals surface area contributed by atoms with E-state index in [1.807, 2.05) is 0 Å². The minimum Gasteiger partial charge on any atom is -0.319 e. The summed E-state index contributed by atoms with van der Waals surface area (Å²) >= 11 is 5.70. The van der Waals surface area contributed by atoms with Gasteiger partial charge in [-0.15, -0.1) is 5.10 Å². The molecule has 0 unspecified atom stereocenters. The van der Waals surface area contributed by atoms with E-state index in [2.05, 4.69) is 25.9 Å². The molecular weight excluding hydrogens is 292 g/mol. The summed E-state index contributed by atoms with van der Waals surface area (Å²) in [6.45, 7) is 1.92. The van der Waals surface area contributed by atoms with Gasteiger partial charge in [-0.05, 0) is 38.1 Å². The summed E-state index contributed by atoms with van der Waals surface area (Å²) in [5.74, 6) is -0.306. The predicted molar refractivity (Wildman–Crippen MR) is 78.4 cm³/mol. The van der Waals surface area contributed by atoms with Crippen LogP contribution in [0.2, 0.25) is 5.15 Å². The van der Waals surface area contributed by atoms with E-state index in [1.54, 1.807) is 23.0 Å². The van der Waals surface area contributed by atoms with Gasteiger partial charge in [-0.3, -0.25) is 4.79 Å². The number of anilines is 1. The average molecular weight is 307 g/mol. The lowest BCUT2D eigenvalue weighted by molar-refractivity contribution is 0.102. The zero-order chi connectivity index (χ0) is 14.7. The van der Waals surface area contributed by atoms with Gasteiger partial charge in [0.15, 0.2) is 5.69 Å². The van der Waals surface area contributed by atoms with Crippen LogP contribution < -0.4 is 10.6 Å². The van der Waals surface area contributed by atoms with Crippen molar-refractivity contribution in [3.05, 3.63) is 35.4 Å². The molecule has 0 atom stereocenters. The van der Waals surface area contributed by atoms with E-state index in [-0.39, 0.29) is 5.91 Å². The summed E-state index contributed by atoms with van der Waals surface area (Å²) in [7, 11) is 0. The highest BCUT2D eigenvalue weighted by atomic mass is 35.5. The summed E-state index contributed by atoms with van der Waals surface area (Å²) < 4.78 is 1.77. The van der Waals surface area contributed by atoms with Crippen LogP contribution in [0.15, 0.2) is 24.5 Å². The van der Waals surface area contributed by atoms with Gasteiger partial charge in [0.05, 0.1) is 24.1 Å². The molecule has 0 saturated carbocycles. The van der Waals surface area contributed by atoms with Crippen LogP contribution in [0, 0.1) is 0 Å². The van der Waals surface area contributed by atoms with Crippen molar-refractivity contribution in [2.45, 2.75) is 18.9 Å². The molecule has 1 amide bonds. The second-order valence-electron chi connectivity index (χ2n) is 4.89. The first-order valence-corrected chi connectivity index (χ1v) is 7.15. The van der Waals surface area contributed by atoms with Crippen molar-refractivity contribution in [3.63, 3.8) is 0 Å². The highest BCUT2D eigenvalue weighted by molar-refractivity contribution is 6.29. The second kappa shape index (κ2) is 6.19. The fourth-order valence-corrected chi connectivity index (χ4v) is 2.39. The molecule has 1 aliphatic rings. The molecule has 1 fully saturated rings. The van der Waals surface area contributed by atoms with Crippen molar-refractivity contribution in [1.29, 1.82) is 0 Å². The van der Waals surface area contributed by atoms with Crippen molar-refractivity contribution >= 4 is 23.2 Å². The number of pyridine rings is 1. The number of hydrogen-bond donors (Lipinski definition) is 2. The van der Waals surface area contributed by atoms with Crippen LogP contribution in [-0.4, -0.2) is 39.0 Å². The van der Waals surface area contributed by atoms with Crippen molar-refractivity contribution in [2.24, 2.45) is 0 Å². The topological polar surface area (TPSA) is 84.7 Å². The number of hydrogen-bond acceptors (Lipinski definition) is 5. The number of nitrogens with one attached hydrogen (secondary N) is 2. The van der Waals surface area contributed by atoms with Crippen LogP contribution in [0.3, 0.4) is 0 Å². The first-order valence-electron chi connectivity index (χ1n) is 6.78. The molecule has 8 heteroatoms.